The number of rotatable bonds is 13. The molecule has 0 amide bonds. The van der Waals surface area contributed by atoms with Crippen molar-refractivity contribution in [1.82, 2.24) is 4.98 Å². The molecule has 2 N–H and O–H groups in total. The van der Waals surface area contributed by atoms with E-state index in [1.54, 1.807) is 12.1 Å². The van der Waals surface area contributed by atoms with Gasteiger partial charge in [-0.3, -0.25) is 0 Å². The van der Waals surface area contributed by atoms with Crippen LogP contribution in [-0.4, -0.2) is 42.7 Å². The second kappa shape index (κ2) is 12.4. The molecule has 0 radical (unpaired) electrons. The van der Waals surface area contributed by atoms with Crippen molar-refractivity contribution in [3.63, 3.8) is 0 Å². The lowest BCUT2D eigenvalue weighted by Gasteiger charge is -2.35. The van der Waals surface area contributed by atoms with Gasteiger partial charge in [-0.15, -0.1) is 11.3 Å². The molecule has 0 bridgehead atoms. The number of aryl methyl sites for hydroxylation is 1. The number of carbonyl (C=O) groups excluding carboxylic acids is 1. The smallest absolute Gasteiger partial charge is 0.355 e. The number of carboxylic acids is 1. The van der Waals surface area contributed by atoms with Gasteiger partial charge in [0.2, 0.25) is 0 Å². The highest BCUT2D eigenvalue weighted by atomic mass is 127. The minimum Gasteiger partial charge on any atom is -0.491 e. The van der Waals surface area contributed by atoms with Crippen molar-refractivity contribution >= 4 is 58.5 Å². The molecule has 0 saturated heterocycles. The SMILES string of the molecule is CC(C)(C)[Si](C)(C)C(=O)CCCCNc1nc(C(=O)O)c(CCCOc2ccc(I)cc2F)s1. The fourth-order valence-electron chi connectivity index (χ4n) is 3.11. The number of nitrogens with zero attached hydrogens (tertiary/aromatic N) is 1. The largest absolute Gasteiger partial charge is 0.491 e. The van der Waals surface area contributed by atoms with E-state index in [0.29, 0.717) is 41.2 Å². The van der Waals surface area contributed by atoms with Gasteiger partial charge in [0.1, 0.15) is 13.5 Å². The van der Waals surface area contributed by atoms with Crippen LogP contribution in [0.4, 0.5) is 9.52 Å². The second-order valence-electron chi connectivity index (χ2n) is 9.80. The lowest BCUT2D eigenvalue weighted by atomic mass is 10.2. The number of carboxylic acid groups (broad SMARTS) is 1. The first-order valence-electron chi connectivity index (χ1n) is 11.4. The number of anilines is 1. The summed E-state index contributed by atoms with van der Waals surface area (Å²) in [5, 5.41) is 13.7. The van der Waals surface area contributed by atoms with Gasteiger partial charge in [0.25, 0.3) is 0 Å². The minimum absolute atomic E-state index is 0.0426. The summed E-state index contributed by atoms with van der Waals surface area (Å²) in [4.78, 5) is 29.1. The normalized spacial score (nSPS) is 12.0. The van der Waals surface area contributed by atoms with Crippen molar-refractivity contribution < 1.29 is 23.8 Å². The van der Waals surface area contributed by atoms with Crippen LogP contribution in [0.15, 0.2) is 18.2 Å². The maximum atomic E-state index is 13.9. The molecule has 0 fully saturated rings. The highest BCUT2D eigenvalue weighted by Gasteiger charge is 2.41. The number of hydrogen-bond donors (Lipinski definition) is 2. The lowest BCUT2D eigenvalue weighted by molar-refractivity contribution is -0.113. The average Bonchev–Trinajstić information content (AvgIpc) is 3.14. The molecule has 2 rings (SSSR count). The molecule has 0 atom stereocenters. The van der Waals surface area contributed by atoms with E-state index in [-0.39, 0.29) is 23.1 Å². The summed E-state index contributed by atoms with van der Waals surface area (Å²) in [5.41, 5.74) is 0.0426. The predicted octanol–water partition coefficient (Wildman–Crippen LogP) is 6.80. The number of halogens is 2. The molecule has 0 saturated carbocycles. The summed E-state index contributed by atoms with van der Waals surface area (Å²) in [6.07, 6.45) is 3.22. The number of ether oxygens (including phenoxy) is 1. The second-order valence-corrected chi connectivity index (χ2v) is 17.4. The number of unbranched alkanes of at least 4 members (excludes halogenated alkanes) is 1. The van der Waals surface area contributed by atoms with Gasteiger partial charge in [0, 0.05) is 21.4 Å². The average molecular weight is 621 g/mol. The molecule has 1 aromatic heterocycles. The molecule has 1 aromatic carbocycles. The van der Waals surface area contributed by atoms with Crippen LogP contribution in [-0.2, 0) is 11.2 Å². The van der Waals surface area contributed by atoms with Gasteiger partial charge in [-0.2, -0.15) is 0 Å². The van der Waals surface area contributed by atoms with Gasteiger partial charge in [-0.05, 0) is 71.5 Å². The quantitative estimate of drug-likeness (QED) is 0.146. The molecule has 0 unspecified atom stereocenters. The molecule has 34 heavy (non-hydrogen) atoms. The zero-order chi connectivity index (χ0) is 25.5. The van der Waals surface area contributed by atoms with Crippen molar-refractivity contribution in [3.8, 4) is 5.75 Å². The lowest BCUT2D eigenvalue weighted by Crippen LogP contribution is -2.46. The number of nitrogens with one attached hydrogen (secondary N) is 1. The van der Waals surface area contributed by atoms with Gasteiger partial charge in [-0.25, -0.2) is 14.2 Å². The van der Waals surface area contributed by atoms with Gasteiger partial charge in [-0.1, -0.05) is 33.9 Å². The summed E-state index contributed by atoms with van der Waals surface area (Å²) >= 11 is 3.35. The van der Waals surface area contributed by atoms with Gasteiger partial charge >= 0.3 is 5.97 Å². The van der Waals surface area contributed by atoms with E-state index in [4.69, 9.17) is 4.74 Å². The van der Waals surface area contributed by atoms with Crippen molar-refractivity contribution in [2.24, 2.45) is 0 Å². The first kappa shape index (κ1) is 28.7. The van der Waals surface area contributed by atoms with E-state index in [0.717, 1.165) is 16.4 Å². The Bertz CT molecular complexity index is 1010. The fourth-order valence-corrected chi connectivity index (χ4v) is 6.22. The number of thiazole rings is 1. The van der Waals surface area contributed by atoms with Crippen molar-refractivity contribution in [3.05, 3.63) is 38.2 Å². The van der Waals surface area contributed by atoms with E-state index in [9.17, 15) is 19.1 Å². The number of hydrogen-bond acceptors (Lipinski definition) is 6. The topological polar surface area (TPSA) is 88.5 Å². The maximum absolute atomic E-state index is 13.9. The van der Waals surface area contributed by atoms with Gasteiger partial charge in [0.15, 0.2) is 22.4 Å². The highest BCUT2D eigenvalue weighted by Crippen LogP contribution is 2.37. The molecule has 188 valence electrons. The molecule has 0 aliphatic carbocycles. The molecular formula is C24H34FIN2O4SSi. The Labute approximate surface area is 219 Å². The molecule has 0 aliphatic rings. The highest BCUT2D eigenvalue weighted by molar-refractivity contribution is 14.1. The molecule has 1 heterocycles. The Kier molecular flexibility index (Phi) is 10.5. The Balaban J connectivity index is 1.80. The number of aromatic nitrogens is 1. The Morgan fingerprint density at radius 1 is 1.24 bits per heavy atom. The molecule has 6 nitrogen and oxygen atoms in total. The summed E-state index contributed by atoms with van der Waals surface area (Å²) < 4.78 is 20.1. The van der Waals surface area contributed by atoms with Crippen molar-refractivity contribution in [2.75, 3.05) is 18.5 Å². The Morgan fingerprint density at radius 2 is 1.94 bits per heavy atom. The molecule has 0 aliphatic heterocycles. The van der Waals surface area contributed by atoms with E-state index in [1.165, 1.54) is 17.4 Å². The van der Waals surface area contributed by atoms with Crippen LogP contribution in [0.25, 0.3) is 0 Å². The van der Waals surface area contributed by atoms with Crippen LogP contribution in [0, 0.1) is 9.39 Å². The predicted molar refractivity (Wildman–Crippen MR) is 147 cm³/mol. The van der Waals surface area contributed by atoms with Crippen LogP contribution < -0.4 is 10.1 Å². The molecule has 2 aromatic rings. The maximum Gasteiger partial charge on any atom is 0.355 e. The van der Waals surface area contributed by atoms with E-state index >= 15 is 0 Å². The van der Waals surface area contributed by atoms with Crippen molar-refractivity contribution in [1.29, 1.82) is 0 Å². The van der Waals surface area contributed by atoms with Crippen LogP contribution in [0.5, 0.6) is 5.75 Å². The summed E-state index contributed by atoms with van der Waals surface area (Å²) in [6, 6.07) is 4.77. The molecular weight excluding hydrogens is 586 g/mol. The van der Waals surface area contributed by atoms with E-state index in [1.807, 2.05) is 22.6 Å². The van der Waals surface area contributed by atoms with Crippen LogP contribution >= 0.6 is 33.9 Å². The van der Waals surface area contributed by atoms with Crippen LogP contribution in [0.2, 0.25) is 18.1 Å². The first-order valence-corrected chi connectivity index (χ1v) is 16.3. The molecule has 10 heteroatoms. The fraction of sp³-hybridized carbons (Fsp3) is 0.542. The first-order chi connectivity index (χ1) is 15.8. The number of carbonyl (C=O) groups is 2. The summed E-state index contributed by atoms with van der Waals surface area (Å²) in [5.74, 6) is -1.28. The van der Waals surface area contributed by atoms with Crippen LogP contribution in [0.3, 0.4) is 0 Å². The van der Waals surface area contributed by atoms with Gasteiger partial charge in [0.05, 0.1) is 6.61 Å². The Hall–Kier alpha value is -1.53. The zero-order valence-electron chi connectivity index (χ0n) is 20.5. The monoisotopic (exact) mass is 620 g/mol. The van der Waals surface area contributed by atoms with Crippen LogP contribution in [0.1, 0.15) is 61.8 Å². The minimum atomic E-state index is -1.96. The zero-order valence-corrected chi connectivity index (χ0v) is 24.4. The third-order valence-electron chi connectivity index (χ3n) is 6.28. The Morgan fingerprint density at radius 3 is 2.56 bits per heavy atom. The third-order valence-corrected chi connectivity index (χ3v) is 13.4. The summed E-state index contributed by atoms with van der Waals surface area (Å²) in [6.45, 7) is 11.6. The number of benzene rings is 1. The van der Waals surface area contributed by atoms with Gasteiger partial charge < -0.3 is 20.0 Å². The summed E-state index contributed by atoms with van der Waals surface area (Å²) in [7, 11) is -1.96. The van der Waals surface area contributed by atoms with E-state index in [2.05, 4.69) is 44.2 Å². The van der Waals surface area contributed by atoms with E-state index < -0.39 is 19.9 Å². The standard InChI is InChI=1S/C24H34FIN2O4SSi/c1-24(2,3)34(4,5)20(29)10-6-7-13-27-23-28-21(22(30)31)19(33-23)9-8-14-32-18-12-11-16(26)15-17(18)25/h11-12,15H,6-10,13-14H2,1-5H3,(H,27,28)(H,30,31). The van der Waals surface area contributed by atoms with Crippen molar-refractivity contribution in [2.45, 2.75) is 71.0 Å². The number of aromatic carboxylic acids is 1. The third kappa shape index (κ3) is 8.01. The molecule has 0 spiro atoms.